The van der Waals surface area contributed by atoms with Crippen LogP contribution in [0.2, 0.25) is 0 Å². The fourth-order valence-corrected chi connectivity index (χ4v) is 2.55. The van der Waals surface area contributed by atoms with Crippen LogP contribution in [0.25, 0.3) is 11.0 Å². The minimum absolute atomic E-state index is 0.0829. The molecule has 0 saturated carbocycles. The number of para-hydroxylation sites is 2. The van der Waals surface area contributed by atoms with E-state index in [9.17, 15) is 9.59 Å². The number of hydrogen-bond acceptors (Lipinski definition) is 5. The second-order valence-electron chi connectivity index (χ2n) is 5.38. The highest BCUT2D eigenvalue weighted by atomic mass is 16.5. The lowest BCUT2D eigenvalue weighted by atomic mass is 10.2. The van der Waals surface area contributed by atoms with Crippen molar-refractivity contribution in [2.45, 2.75) is 27.0 Å². The highest BCUT2D eigenvalue weighted by Gasteiger charge is 2.16. The minimum atomic E-state index is -0.483. The van der Waals surface area contributed by atoms with Gasteiger partial charge in [0.1, 0.15) is 18.9 Å². The molecule has 2 heterocycles. The summed E-state index contributed by atoms with van der Waals surface area (Å²) in [6.45, 7) is 3.50. The van der Waals surface area contributed by atoms with Gasteiger partial charge < -0.3 is 9.26 Å². The van der Waals surface area contributed by atoms with Crippen molar-refractivity contribution in [3.63, 3.8) is 0 Å². The Morgan fingerprint density at radius 2 is 1.96 bits per heavy atom. The topological polar surface area (TPSA) is 79.3 Å². The zero-order valence-corrected chi connectivity index (χ0v) is 13.2. The maximum absolute atomic E-state index is 12.3. The SMILES string of the molecule is Cc1noc(C)c1COC(=O)Cn1c(=O)n(C)c2ccccc21. The number of fused-ring (bicyclic) bond motifs is 1. The zero-order valence-electron chi connectivity index (χ0n) is 13.2. The number of rotatable bonds is 4. The van der Waals surface area contributed by atoms with Gasteiger partial charge in [0.25, 0.3) is 0 Å². The van der Waals surface area contributed by atoms with Gasteiger partial charge in [-0.2, -0.15) is 0 Å². The third-order valence-corrected chi connectivity index (χ3v) is 3.90. The van der Waals surface area contributed by atoms with Crippen LogP contribution in [0.4, 0.5) is 0 Å². The van der Waals surface area contributed by atoms with Gasteiger partial charge in [0, 0.05) is 7.05 Å². The van der Waals surface area contributed by atoms with Gasteiger partial charge in [-0.05, 0) is 26.0 Å². The molecule has 0 radical (unpaired) electrons. The number of nitrogens with zero attached hydrogens (tertiary/aromatic N) is 3. The molecule has 0 N–H and O–H groups in total. The van der Waals surface area contributed by atoms with Crippen LogP contribution in [0.5, 0.6) is 0 Å². The van der Waals surface area contributed by atoms with E-state index in [2.05, 4.69) is 5.16 Å². The highest BCUT2D eigenvalue weighted by Crippen LogP contribution is 2.14. The van der Waals surface area contributed by atoms with E-state index < -0.39 is 5.97 Å². The van der Waals surface area contributed by atoms with Gasteiger partial charge in [-0.15, -0.1) is 0 Å². The van der Waals surface area contributed by atoms with Crippen LogP contribution < -0.4 is 5.69 Å². The number of imidazole rings is 1. The molecule has 2 aromatic heterocycles. The van der Waals surface area contributed by atoms with Gasteiger partial charge in [-0.3, -0.25) is 13.9 Å². The summed E-state index contributed by atoms with van der Waals surface area (Å²) < 4.78 is 13.2. The van der Waals surface area contributed by atoms with Crippen LogP contribution in [0.15, 0.2) is 33.6 Å². The highest BCUT2D eigenvalue weighted by molar-refractivity contribution is 5.78. The van der Waals surface area contributed by atoms with Gasteiger partial charge in [0.15, 0.2) is 0 Å². The molecule has 1 aromatic carbocycles. The van der Waals surface area contributed by atoms with Crippen molar-refractivity contribution >= 4 is 17.0 Å². The first-order valence-corrected chi connectivity index (χ1v) is 7.20. The van der Waals surface area contributed by atoms with Gasteiger partial charge in [-0.25, -0.2) is 4.79 Å². The Morgan fingerprint density at radius 3 is 2.61 bits per heavy atom. The Morgan fingerprint density at radius 1 is 1.26 bits per heavy atom. The Balaban J connectivity index is 1.79. The number of ether oxygens (including phenoxy) is 1. The number of aryl methyl sites for hydroxylation is 3. The average Bonchev–Trinajstić information content (AvgIpc) is 2.98. The van der Waals surface area contributed by atoms with Crippen molar-refractivity contribution in [3.8, 4) is 0 Å². The summed E-state index contributed by atoms with van der Waals surface area (Å²) in [4.78, 5) is 24.4. The van der Waals surface area contributed by atoms with Crippen LogP contribution in [0, 0.1) is 13.8 Å². The lowest BCUT2D eigenvalue weighted by Crippen LogP contribution is -2.26. The lowest BCUT2D eigenvalue weighted by Gasteiger charge is -2.05. The van der Waals surface area contributed by atoms with Crippen LogP contribution in [0.1, 0.15) is 17.0 Å². The number of benzene rings is 1. The fraction of sp³-hybridized carbons (Fsp3) is 0.312. The van der Waals surface area contributed by atoms with Crippen molar-refractivity contribution in [1.82, 2.24) is 14.3 Å². The Bertz CT molecular complexity index is 913. The summed E-state index contributed by atoms with van der Waals surface area (Å²) in [6, 6.07) is 7.32. The molecule has 0 amide bonds. The zero-order chi connectivity index (χ0) is 16.6. The minimum Gasteiger partial charge on any atom is -0.459 e. The van der Waals surface area contributed by atoms with E-state index in [4.69, 9.17) is 9.26 Å². The van der Waals surface area contributed by atoms with E-state index in [1.54, 1.807) is 27.0 Å². The molecule has 0 bridgehead atoms. The third kappa shape index (κ3) is 2.65. The molecule has 7 heteroatoms. The summed E-state index contributed by atoms with van der Waals surface area (Å²) >= 11 is 0. The summed E-state index contributed by atoms with van der Waals surface area (Å²) in [5.41, 5.74) is 2.67. The average molecular weight is 315 g/mol. The number of carbonyl (C=O) groups excluding carboxylic acids is 1. The van der Waals surface area contributed by atoms with Gasteiger partial charge in [0.2, 0.25) is 0 Å². The molecule has 0 aliphatic heterocycles. The maximum atomic E-state index is 12.3. The normalized spacial score (nSPS) is 11.1. The molecule has 3 rings (SSSR count). The number of esters is 1. The first-order valence-electron chi connectivity index (χ1n) is 7.20. The van der Waals surface area contributed by atoms with Gasteiger partial charge in [0.05, 0.1) is 22.3 Å². The molecule has 0 atom stereocenters. The lowest BCUT2D eigenvalue weighted by molar-refractivity contribution is -0.145. The molecular formula is C16H17N3O4. The van der Waals surface area contributed by atoms with Crippen molar-refractivity contribution in [1.29, 1.82) is 0 Å². The first-order chi connectivity index (χ1) is 11.0. The van der Waals surface area contributed by atoms with E-state index >= 15 is 0 Å². The Hall–Kier alpha value is -2.83. The molecule has 23 heavy (non-hydrogen) atoms. The van der Waals surface area contributed by atoms with Crippen LogP contribution in [-0.2, 0) is 29.7 Å². The predicted molar refractivity (Wildman–Crippen MR) is 83.0 cm³/mol. The van der Waals surface area contributed by atoms with E-state index in [1.165, 1.54) is 9.13 Å². The van der Waals surface area contributed by atoms with Crippen molar-refractivity contribution in [2.24, 2.45) is 7.05 Å². The summed E-state index contributed by atoms with van der Waals surface area (Å²) in [5.74, 6) is 0.140. The summed E-state index contributed by atoms with van der Waals surface area (Å²) in [7, 11) is 1.68. The summed E-state index contributed by atoms with van der Waals surface area (Å²) in [6.07, 6.45) is 0. The van der Waals surface area contributed by atoms with E-state index in [-0.39, 0.29) is 18.8 Å². The third-order valence-electron chi connectivity index (χ3n) is 3.90. The second-order valence-corrected chi connectivity index (χ2v) is 5.38. The quantitative estimate of drug-likeness (QED) is 0.685. The molecule has 3 aromatic rings. The fourth-order valence-electron chi connectivity index (χ4n) is 2.55. The Kier molecular flexibility index (Phi) is 3.77. The molecule has 0 fully saturated rings. The first kappa shape index (κ1) is 15.1. The molecular weight excluding hydrogens is 298 g/mol. The van der Waals surface area contributed by atoms with Crippen LogP contribution in [-0.4, -0.2) is 20.3 Å². The monoisotopic (exact) mass is 315 g/mol. The number of aromatic nitrogens is 3. The maximum Gasteiger partial charge on any atom is 0.329 e. The standard InChI is InChI=1S/C16H17N3O4/c1-10-12(11(2)23-17-10)9-22-15(20)8-19-14-7-5-4-6-13(14)18(3)16(19)21/h4-7H,8-9H2,1-3H3. The molecule has 0 unspecified atom stereocenters. The molecule has 0 aliphatic rings. The predicted octanol–water partition coefficient (Wildman–Crippen LogP) is 1.69. The number of hydrogen-bond donors (Lipinski definition) is 0. The van der Waals surface area contributed by atoms with Crippen molar-refractivity contribution in [3.05, 3.63) is 51.8 Å². The second kappa shape index (κ2) is 5.75. The van der Waals surface area contributed by atoms with E-state index in [1.807, 2.05) is 18.2 Å². The van der Waals surface area contributed by atoms with E-state index in [0.717, 1.165) is 11.1 Å². The summed E-state index contributed by atoms with van der Waals surface area (Å²) in [5, 5.41) is 3.81. The smallest absolute Gasteiger partial charge is 0.329 e. The number of carbonyl (C=O) groups is 1. The molecule has 0 aliphatic carbocycles. The Labute approximate surface area is 132 Å². The molecule has 0 saturated heterocycles. The molecule has 120 valence electrons. The van der Waals surface area contributed by atoms with Gasteiger partial charge >= 0.3 is 11.7 Å². The van der Waals surface area contributed by atoms with Crippen LogP contribution >= 0.6 is 0 Å². The van der Waals surface area contributed by atoms with Crippen LogP contribution in [0.3, 0.4) is 0 Å². The van der Waals surface area contributed by atoms with Crippen molar-refractivity contribution in [2.75, 3.05) is 0 Å². The van der Waals surface area contributed by atoms with E-state index in [0.29, 0.717) is 17.0 Å². The van der Waals surface area contributed by atoms with Crippen molar-refractivity contribution < 1.29 is 14.1 Å². The van der Waals surface area contributed by atoms with Gasteiger partial charge in [-0.1, -0.05) is 17.3 Å². The largest absolute Gasteiger partial charge is 0.459 e. The molecule has 7 nitrogen and oxygen atoms in total. The molecule has 0 spiro atoms.